The van der Waals surface area contributed by atoms with Gasteiger partial charge < -0.3 is 9.47 Å². The summed E-state index contributed by atoms with van der Waals surface area (Å²) < 4.78 is 9.77. The van der Waals surface area contributed by atoms with Gasteiger partial charge in [-0.2, -0.15) is 0 Å². The quantitative estimate of drug-likeness (QED) is 0.558. The maximum Gasteiger partial charge on any atom is 0.316 e. The standard InChI is InChI=1S/C13H18O5/c1-4-17-12(15)9-7-10(13(16)18-5-2)11(14)6-8(9)3/h6,9-10H,4-5,7H2,1-3H3. The van der Waals surface area contributed by atoms with Crippen molar-refractivity contribution in [2.75, 3.05) is 13.2 Å². The molecule has 1 aliphatic rings. The lowest BCUT2D eigenvalue weighted by Crippen LogP contribution is -2.34. The summed E-state index contributed by atoms with van der Waals surface area (Å²) in [4.78, 5) is 35.0. The summed E-state index contributed by atoms with van der Waals surface area (Å²) in [6, 6.07) is 0. The van der Waals surface area contributed by atoms with E-state index in [2.05, 4.69) is 0 Å². The van der Waals surface area contributed by atoms with Gasteiger partial charge in [-0.05, 0) is 33.3 Å². The summed E-state index contributed by atoms with van der Waals surface area (Å²) in [5.74, 6) is -2.68. The van der Waals surface area contributed by atoms with Crippen LogP contribution in [0.4, 0.5) is 0 Å². The molecule has 0 N–H and O–H groups in total. The lowest BCUT2D eigenvalue weighted by atomic mass is 9.81. The Balaban J connectivity index is 2.85. The molecule has 18 heavy (non-hydrogen) atoms. The molecule has 5 heteroatoms. The number of carbonyl (C=O) groups is 3. The topological polar surface area (TPSA) is 69.7 Å². The first kappa shape index (κ1) is 14.4. The van der Waals surface area contributed by atoms with Crippen LogP contribution in [0.2, 0.25) is 0 Å². The zero-order chi connectivity index (χ0) is 13.7. The molecule has 2 unspecified atom stereocenters. The van der Waals surface area contributed by atoms with Gasteiger partial charge in [0.1, 0.15) is 5.92 Å². The van der Waals surface area contributed by atoms with Gasteiger partial charge in [-0.1, -0.05) is 5.57 Å². The van der Waals surface area contributed by atoms with Crippen molar-refractivity contribution in [1.82, 2.24) is 0 Å². The van der Waals surface area contributed by atoms with Gasteiger partial charge in [0.15, 0.2) is 5.78 Å². The Labute approximate surface area is 106 Å². The van der Waals surface area contributed by atoms with Crippen LogP contribution in [0, 0.1) is 11.8 Å². The van der Waals surface area contributed by atoms with Gasteiger partial charge in [0, 0.05) is 0 Å². The lowest BCUT2D eigenvalue weighted by Gasteiger charge is -2.24. The van der Waals surface area contributed by atoms with Crippen molar-refractivity contribution in [2.24, 2.45) is 11.8 Å². The predicted octanol–water partition coefficient (Wildman–Crippen LogP) is 1.26. The molecule has 1 rings (SSSR count). The Morgan fingerprint density at radius 3 is 2.17 bits per heavy atom. The first-order chi connectivity index (χ1) is 8.51. The molecule has 0 bridgehead atoms. The van der Waals surface area contributed by atoms with Crippen LogP contribution in [0.5, 0.6) is 0 Å². The Kier molecular flexibility index (Phi) is 5.07. The zero-order valence-electron chi connectivity index (χ0n) is 10.9. The molecular weight excluding hydrogens is 236 g/mol. The second kappa shape index (κ2) is 6.33. The number of ether oxygens (including phenoxy) is 2. The highest BCUT2D eigenvalue weighted by Crippen LogP contribution is 2.28. The third-order valence-electron chi connectivity index (χ3n) is 2.88. The number of esters is 2. The summed E-state index contributed by atoms with van der Waals surface area (Å²) in [5.41, 5.74) is 0.638. The van der Waals surface area contributed by atoms with E-state index in [1.54, 1.807) is 20.8 Å². The number of allylic oxidation sites excluding steroid dienone is 1. The number of carbonyl (C=O) groups excluding carboxylic acids is 3. The highest BCUT2D eigenvalue weighted by Gasteiger charge is 2.37. The minimum atomic E-state index is -0.886. The van der Waals surface area contributed by atoms with E-state index in [0.29, 0.717) is 5.57 Å². The Bertz CT molecular complexity index is 383. The van der Waals surface area contributed by atoms with Crippen molar-refractivity contribution in [3.8, 4) is 0 Å². The van der Waals surface area contributed by atoms with E-state index >= 15 is 0 Å². The van der Waals surface area contributed by atoms with Crippen LogP contribution in [0.15, 0.2) is 11.6 Å². The summed E-state index contributed by atoms with van der Waals surface area (Å²) in [6.07, 6.45) is 1.48. The molecule has 0 saturated heterocycles. The second-order valence-corrected chi connectivity index (χ2v) is 4.14. The van der Waals surface area contributed by atoms with Crippen LogP contribution in [0.1, 0.15) is 27.2 Å². The SMILES string of the molecule is CCOC(=O)C1CC(C(=O)OCC)C(C)=CC1=O. The van der Waals surface area contributed by atoms with Gasteiger partial charge in [0.2, 0.25) is 0 Å². The van der Waals surface area contributed by atoms with Crippen LogP contribution in [0.3, 0.4) is 0 Å². The van der Waals surface area contributed by atoms with Crippen molar-refractivity contribution < 1.29 is 23.9 Å². The molecule has 100 valence electrons. The van der Waals surface area contributed by atoms with Crippen LogP contribution in [-0.2, 0) is 23.9 Å². The first-order valence-electron chi connectivity index (χ1n) is 6.06. The van der Waals surface area contributed by atoms with Gasteiger partial charge in [-0.15, -0.1) is 0 Å². The maximum absolute atomic E-state index is 11.7. The van der Waals surface area contributed by atoms with E-state index in [1.807, 2.05) is 0 Å². The van der Waals surface area contributed by atoms with Crippen molar-refractivity contribution in [3.05, 3.63) is 11.6 Å². The molecule has 0 spiro atoms. The van der Waals surface area contributed by atoms with E-state index in [-0.39, 0.29) is 25.4 Å². The number of rotatable bonds is 4. The molecule has 0 aromatic carbocycles. The van der Waals surface area contributed by atoms with E-state index in [4.69, 9.17) is 9.47 Å². The second-order valence-electron chi connectivity index (χ2n) is 4.14. The number of hydrogen-bond donors (Lipinski definition) is 0. The molecule has 0 amide bonds. The Hall–Kier alpha value is -1.65. The van der Waals surface area contributed by atoms with E-state index in [1.165, 1.54) is 6.08 Å². The minimum absolute atomic E-state index is 0.138. The van der Waals surface area contributed by atoms with Gasteiger partial charge in [0.25, 0.3) is 0 Å². The molecule has 1 aliphatic carbocycles. The summed E-state index contributed by atoms with van der Waals surface area (Å²) in [6.45, 7) is 5.58. The molecule has 0 fully saturated rings. The molecule has 0 aliphatic heterocycles. The molecule has 0 aromatic rings. The number of hydrogen-bond acceptors (Lipinski definition) is 5. The largest absolute Gasteiger partial charge is 0.466 e. The normalized spacial score (nSPS) is 23.3. The highest BCUT2D eigenvalue weighted by molar-refractivity contribution is 6.07. The zero-order valence-corrected chi connectivity index (χ0v) is 10.9. The third-order valence-corrected chi connectivity index (χ3v) is 2.88. The summed E-state index contributed by atoms with van der Waals surface area (Å²) in [5, 5.41) is 0. The van der Waals surface area contributed by atoms with Crippen molar-refractivity contribution in [2.45, 2.75) is 27.2 Å². The Morgan fingerprint density at radius 2 is 1.67 bits per heavy atom. The van der Waals surface area contributed by atoms with Crippen LogP contribution < -0.4 is 0 Å². The fraction of sp³-hybridized carbons (Fsp3) is 0.615. The van der Waals surface area contributed by atoms with Crippen molar-refractivity contribution in [1.29, 1.82) is 0 Å². The summed E-state index contributed by atoms with van der Waals surface area (Å²) in [7, 11) is 0. The molecule has 0 heterocycles. The van der Waals surface area contributed by atoms with E-state index < -0.39 is 23.8 Å². The molecule has 0 radical (unpaired) electrons. The third kappa shape index (κ3) is 3.18. The van der Waals surface area contributed by atoms with E-state index in [0.717, 1.165) is 0 Å². The Morgan fingerprint density at radius 1 is 1.17 bits per heavy atom. The van der Waals surface area contributed by atoms with Gasteiger partial charge >= 0.3 is 11.9 Å². The van der Waals surface area contributed by atoms with Crippen LogP contribution in [0.25, 0.3) is 0 Å². The average molecular weight is 254 g/mol. The van der Waals surface area contributed by atoms with Crippen LogP contribution in [-0.4, -0.2) is 30.9 Å². The molecule has 5 nitrogen and oxygen atoms in total. The molecule has 2 atom stereocenters. The maximum atomic E-state index is 11.7. The predicted molar refractivity (Wildman–Crippen MR) is 63.6 cm³/mol. The smallest absolute Gasteiger partial charge is 0.316 e. The fourth-order valence-corrected chi connectivity index (χ4v) is 1.94. The molecular formula is C13H18O5. The average Bonchev–Trinajstić information content (AvgIpc) is 2.29. The monoisotopic (exact) mass is 254 g/mol. The summed E-state index contributed by atoms with van der Waals surface area (Å²) >= 11 is 0. The van der Waals surface area contributed by atoms with Gasteiger partial charge in [0.05, 0.1) is 19.1 Å². The highest BCUT2D eigenvalue weighted by atomic mass is 16.5. The van der Waals surface area contributed by atoms with Gasteiger partial charge in [-0.25, -0.2) is 0 Å². The van der Waals surface area contributed by atoms with Gasteiger partial charge in [-0.3, -0.25) is 14.4 Å². The van der Waals surface area contributed by atoms with Crippen LogP contribution >= 0.6 is 0 Å². The molecule has 0 saturated carbocycles. The van der Waals surface area contributed by atoms with Crippen molar-refractivity contribution in [3.63, 3.8) is 0 Å². The molecule has 0 aromatic heterocycles. The first-order valence-corrected chi connectivity index (χ1v) is 6.06. The minimum Gasteiger partial charge on any atom is -0.466 e. The van der Waals surface area contributed by atoms with Crippen molar-refractivity contribution >= 4 is 17.7 Å². The lowest BCUT2D eigenvalue weighted by molar-refractivity contribution is -0.153. The number of ketones is 1. The van der Waals surface area contributed by atoms with E-state index in [9.17, 15) is 14.4 Å². The fourth-order valence-electron chi connectivity index (χ4n) is 1.94.